The monoisotopic (exact) mass is 633 g/mol. The van der Waals surface area contributed by atoms with E-state index in [2.05, 4.69) is 70.3 Å². The molecule has 3 rings (SSSR count). The molecule has 0 fully saturated rings. The summed E-state index contributed by atoms with van der Waals surface area (Å²) in [6, 6.07) is 4.77. The van der Waals surface area contributed by atoms with Gasteiger partial charge in [0.2, 0.25) is 0 Å². The molecule has 3 nitrogen and oxygen atoms in total. The number of aliphatic hydroxyl groups is 1. The predicted octanol–water partition coefficient (Wildman–Crippen LogP) is 8.95. The van der Waals surface area contributed by atoms with Crippen molar-refractivity contribution in [1.29, 1.82) is 0 Å². The molecular weight excluding hydrogens is 594 g/mol. The van der Waals surface area contributed by atoms with Gasteiger partial charge in [0, 0.05) is 20.4 Å². The summed E-state index contributed by atoms with van der Waals surface area (Å²) in [5.74, 6) is 0.0349. The third-order valence-corrected chi connectivity index (χ3v) is 13.3. The highest BCUT2D eigenvalue weighted by molar-refractivity contribution is 14.1. The van der Waals surface area contributed by atoms with Crippen molar-refractivity contribution in [2.24, 2.45) is 5.41 Å². The molecule has 0 radical (unpaired) electrons. The number of hydrogen-bond acceptors (Lipinski definition) is 3. The lowest BCUT2D eigenvalue weighted by molar-refractivity contribution is -0.137. The van der Waals surface area contributed by atoms with E-state index in [4.69, 9.17) is 9.41 Å². The zero-order valence-corrected chi connectivity index (χ0v) is 25.9. The zero-order valence-electron chi connectivity index (χ0n) is 22.8. The van der Waals surface area contributed by atoms with Gasteiger partial charge in [-0.2, -0.15) is 13.2 Å². The molecule has 0 spiro atoms. The Balaban J connectivity index is 2.18. The first-order valence-electron chi connectivity index (χ1n) is 12.5. The van der Waals surface area contributed by atoms with Gasteiger partial charge < -0.3 is 9.53 Å². The Morgan fingerprint density at radius 3 is 2.14 bits per heavy atom. The average Bonchev–Trinajstić information content (AvgIpc) is 2.70. The number of aliphatic hydroxyl groups excluding tert-OH is 1. The van der Waals surface area contributed by atoms with E-state index in [0.29, 0.717) is 11.1 Å². The van der Waals surface area contributed by atoms with E-state index in [1.54, 1.807) is 0 Å². The molecule has 200 valence electrons. The third kappa shape index (κ3) is 6.02. The van der Waals surface area contributed by atoms with Crippen molar-refractivity contribution >= 4 is 30.9 Å². The van der Waals surface area contributed by atoms with Crippen LogP contribution >= 0.6 is 22.6 Å². The molecule has 8 heteroatoms. The van der Waals surface area contributed by atoms with E-state index in [1.807, 2.05) is 13.8 Å². The fourth-order valence-electron chi connectivity index (χ4n) is 4.60. The fourth-order valence-corrected chi connectivity index (χ4v) is 7.09. The Labute approximate surface area is 228 Å². The maximum atomic E-state index is 13.1. The maximum Gasteiger partial charge on any atom is 0.416 e. The zero-order chi connectivity index (χ0) is 27.4. The lowest BCUT2D eigenvalue weighted by atomic mass is 9.74. The summed E-state index contributed by atoms with van der Waals surface area (Å²) >= 11 is 2.30. The molecule has 2 unspecified atom stereocenters. The van der Waals surface area contributed by atoms with Crippen LogP contribution in [0.15, 0.2) is 24.3 Å². The summed E-state index contributed by atoms with van der Waals surface area (Å²) in [7, 11) is -2.11. The summed E-state index contributed by atoms with van der Waals surface area (Å²) in [5.41, 5.74) is 3.20. The Morgan fingerprint density at radius 2 is 1.67 bits per heavy atom. The van der Waals surface area contributed by atoms with Gasteiger partial charge in [0.05, 0.1) is 17.4 Å². The molecule has 0 aliphatic heterocycles. The lowest BCUT2D eigenvalue weighted by Gasteiger charge is -2.44. The highest BCUT2D eigenvalue weighted by atomic mass is 127. The van der Waals surface area contributed by atoms with Crippen LogP contribution in [0.25, 0.3) is 0 Å². The normalized spacial score (nSPS) is 19.4. The van der Waals surface area contributed by atoms with Crippen LogP contribution in [0.3, 0.4) is 0 Å². The highest BCUT2D eigenvalue weighted by Gasteiger charge is 2.44. The van der Waals surface area contributed by atoms with Crippen molar-refractivity contribution in [3.05, 3.63) is 61.5 Å². The smallest absolute Gasteiger partial charge is 0.410 e. The van der Waals surface area contributed by atoms with Gasteiger partial charge in [-0.25, -0.2) is 0 Å². The second-order valence-corrected chi connectivity index (χ2v) is 18.5. The van der Waals surface area contributed by atoms with Crippen molar-refractivity contribution in [2.45, 2.75) is 104 Å². The lowest BCUT2D eigenvalue weighted by Crippen LogP contribution is -2.44. The van der Waals surface area contributed by atoms with E-state index in [0.717, 1.165) is 45.5 Å². The largest absolute Gasteiger partial charge is 0.416 e. The quantitative estimate of drug-likeness (QED) is 0.264. The number of aromatic nitrogens is 1. The first-order chi connectivity index (χ1) is 16.2. The molecule has 2 atom stereocenters. The number of halogens is 4. The summed E-state index contributed by atoms with van der Waals surface area (Å²) in [5, 5.41) is 11.5. The van der Waals surface area contributed by atoms with E-state index in [-0.39, 0.29) is 22.5 Å². The fraction of sp³-hybridized carbons (Fsp3) is 0.607. The molecule has 1 aliphatic carbocycles. The number of rotatable bonds is 5. The minimum absolute atomic E-state index is 0.0118. The van der Waals surface area contributed by atoms with E-state index >= 15 is 0 Å². The van der Waals surface area contributed by atoms with Crippen LogP contribution in [0, 0.1) is 8.99 Å². The number of nitrogens with zero attached hydrogens (tertiary/aromatic N) is 1. The second kappa shape index (κ2) is 9.97. The Hall–Kier alpha value is -0.973. The molecule has 1 aromatic carbocycles. The first kappa shape index (κ1) is 29.6. The van der Waals surface area contributed by atoms with Crippen molar-refractivity contribution in [3.8, 4) is 0 Å². The molecule has 0 saturated heterocycles. The van der Waals surface area contributed by atoms with Crippen LogP contribution in [0.1, 0.15) is 107 Å². The van der Waals surface area contributed by atoms with E-state index in [1.165, 1.54) is 12.1 Å². The van der Waals surface area contributed by atoms with Crippen LogP contribution in [0.5, 0.6) is 0 Å². The van der Waals surface area contributed by atoms with Gasteiger partial charge in [-0.1, -0.05) is 60.6 Å². The standard InChI is InChI=1S/C28H39F3INO2Si/c1-16(2)24-22(25(34)17-10-12-18(13-11-17)28(29,30)31)23(32)21-19(33-24)14-27(6,7)15-20(21)35-36(8,9)26(3,4)5/h10-13,16,20,25,34H,14-15H2,1-9H3. The Morgan fingerprint density at radius 1 is 1.11 bits per heavy atom. The second-order valence-electron chi connectivity index (χ2n) is 12.7. The molecular formula is C28H39F3INO2Si. The van der Waals surface area contributed by atoms with E-state index in [9.17, 15) is 18.3 Å². The molecule has 0 bridgehead atoms. The Kier molecular flexibility index (Phi) is 8.19. The number of benzene rings is 1. The van der Waals surface area contributed by atoms with Gasteiger partial charge >= 0.3 is 6.18 Å². The van der Waals surface area contributed by atoms with E-state index < -0.39 is 26.2 Å². The van der Waals surface area contributed by atoms with Gasteiger partial charge in [0.15, 0.2) is 8.32 Å². The predicted molar refractivity (Wildman–Crippen MR) is 150 cm³/mol. The minimum atomic E-state index is -4.42. The maximum absolute atomic E-state index is 13.1. The summed E-state index contributed by atoms with van der Waals surface area (Å²) < 4.78 is 47.2. The van der Waals surface area contributed by atoms with Crippen LogP contribution in [-0.4, -0.2) is 18.4 Å². The molecule has 1 aliphatic rings. The van der Waals surface area contributed by atoms with Crippen LogP contribution in [-0.2, 0) is 17.0 Å². The van der Waals surface area contributed by atoms with Crippen LogP contribution in [0.4, 0.5) is 13.2 Å². The number of pyridine rings is 1. The van der Waals surface area contributed by atoms with Crippen molar-refractivity contribution in [1.82, 2.24) is 4.98 Å². The first-order valence-corrected chi connectivity index (χ1v) is 16.5. The van der Waals surface area contributed by atoms with Crippen molar-refractivity contribution in [3.63, 3.8) is 0 Å². The third-order valence-electron chi connectivity index (χ3n) is 7.64. The molecule has 0 saturated carbocycles. The number of hydrogen-bond donors (Lipinski definition) is 1. The molecule has 1 aromatic heterocycles. The Bertz CT molecular complexity index is 1110. The average molecular weight is 634 g/mol. The molecule has 1 heterocycles. The van der Waals surface area contributed by atoms with Gasteiger partial charge in [-0.15, -0.1) is 0 Å². The summed E-state index contributed by atoms with van der Waals surface area (Å²) in [4.78, 5) is 5.11. The summed E-state index contributed by atoms with van der Waals surface area (Å²) in [6.07, 6.45) is -4.00. The molecule has 1 N–H and O–H groups in total. The summed E-state index contributed by atoms with van der Waals surface area (Å²) in [6.45, 7) is 19.7. The molecule has 0 amide bonds. The van der Waals surface area contributed by atoms with Crippen LogP contribution in [0.2, 0.25) is 18.1 Å². The minimum Gasteiger partial charge on any atom is -0.410 e. The SMILES string of the molecule is CC(C)c1nc2c(c(I)c1C(O)c1ccc(C(F)(F)F)cc1)C(O[Si](C)(C)C(C)(C)C)CC(C)(C)C2. The van der Waals surface area contributed by atoms with Crippen molar-refractivity contribution in [2.75, 3.05) is 0 Å². The molecule has 36 heavy (non-hydrogen) atoms. The highest BCUT2D eigenvalue weighted by Crippen LogP contribution is 2.50. The number of alkyl halides is 3. The molecule has 2 aromatic rings. The van der Waals surface area contributed by atoms with Gasteiger partial charge in [-0.3, -0.25) is 4.98 Å². The van der Waals surface area contributed by atoms with Crippen LogP contribution < -0.4 is 0 Å². The van der Waals surface area contributed by atoms with Gasteiger partial charge in [-0.05, 0) is 82.6 Å². The number of fused-ring (bicyclic) bond motifs is 1. The van der Waals surface area contributed by atoms with Gasteiger partial charge in [0.25, 0.3) is 0 Å². The van der Waals surface area contributed by atoms with Crippen molar-refractivity contribution < 1.29 is 22.7 Å². The topological polar surface area (TPSA) is 42.4 Å². The van der Waals surface area contributed by atoms with Gasteiger partial charge in [0.1, 0.15) is 6.10 Å².